The number of likely N-dealkylation sites (N-methyl/N-ethyl adjacent to an activating group) is 1. The first-order chi connectivity index (χ1) is 17.2. The lowest BCUT2D eigenvalue weighted by molar-refractivity contribution is -0.140. The minimum Gasteiger partial charge on any atom is -0.463 e. The molecule has 1 unspecified atom stereocenters. The van der Waals surface area contributed by atoms with Gasteiger partial charge in [0, 0.05) is 23.5 Å². The molecule has 0 aromatic heterocycles. The Balaban J connectivity index is 2.86. The molecule has 8 nitrogen and oxygen atoms in total. The molecule has 0 amide bonds. The second-order valence-corrected chi connectivity index (χ2v) is 8.54. The van der Waals surface area contributed by atoms with Gasteiger partial charge in [0.15, 0.2) is 0 Å². The van der Waals surface area contributed by atoms with Crippen molar-refractivity contribution in [3.63, 3.8) is 0 Å². The number of esters is 3. The number of allylic oxidation sites excluding steroid dienone is 1. The molecule has 0 aliphatic carbocycles. The van der Waals surface area contributed by atoms with E-state index >= 15 is 0 Å². The Bertz CT molecular complexity index is 1070. The standard InChI is InChI=1S/C28H38N2O6/c1-8-19(26(31)34-9-2)16-20-14-12-13-15-21(20)24-23(27(32)35-10-3)18(5)29-22(17-30(6)7)25(24)28(33)36-11-4/h12-16,24,29H,8-11,17H2,1-7H3. The van der Waals surface area contributed by atoms with Crippen molar-refractivity contribution in [2.45, 2.75) is 47.0 Å². The van der Waals surface area contributed by atoms with Crippen LogP contribution in [-0.4, -0.2) is 63.3 Å². The lowest BCUT2D eigenvalue weighted by Crippen LogP contribution is -2.37. The quantitative estimate of drug-likeness (QED) is 0.279. The molecular weight excluding hydrogens is 460 g/mol. The lowest BCUT2D eigenvalue weighted by Gasteiger charge is -2.33. The zero-order valence-corrected chi connectivity index (χ0v) is 22.4. The second-order valence-electron chi connectivity index (χ2n) is 8.54. The monoisotopic (exact) mass is 498 g/mol. The van der Waals surface area contributed by atoms with Gasteiger partial charge >= 0.3 is 17.9 Å². The van der Waals surface area contributed by atoms with Gasteiger partial charge in [-0.25, -0.2) is 14.4 Å². The van der Waals surface area contributed by atoms with E-state index in [0.29, 0.717) is 52.2 Å². The van der Waals surface area contributed by atoms with Gasteiger partial charge in [-0.05, 0) is 65.4 Å². The van der Waals surface area contributed by atoms with Gasteiger partial charge in [0.05, 0.1) is 36.9 Å². The van der Waals surface area contributed by atoms with Gasteiger partial charge < -0.3 is 24.4 Å². The van der Waals surface area contributed by atoms with E-state index in [-0.39, 0.29) is 19.8 Å². The summed E-state index contributed by atoms with van der Waals surface area (Å²) < 4.78 is 16.1. The Kier molecular flexibility index (Phi) is 10.9. The van der Waals surface area contributed by atoms with Gasteiger partial charge in [-0.2, -0.15) is 0 Å². The first-order valence-electron chi connectivity index (χ1n) is 12.4. The van der Waals surface area contributed by atoms with Gasteiger partial charge in [0.1, 0.15) is 0 Å². The van der Waals surface area contributed by atoms with E-state index in [2.05, 4.69) is 5.32 Å². The molecule has 0 saturated carbocycles. The average molecular weight is 499 g/mol. The van der Waals surface area contributed by atoms with Gasteiger partial charge in [0.2, 0.25) is 0 Å². The molecule has 36 heavy (non-hydrogen) atoms. The maximum Gasteiger partial charge on any atom is 0.336 e. The Morgan fingerprint density at radius 1 is 0.917 bits per heavy atom. The minimum absolute atomic E-state index is 0.187. The number of hydrogen-bond donors (Lipinski definition) is 1. The summed E-state index contributed by atoms with van der Waals surface area (Å²) >= 11 is 0. The van der Waals surface area contributed by atoms with Crippen LogP contribution in [0.3, 0.4) is 0 Å². The molecule has 0 spiro atoms. The third-order valence-corrected chi connectivity index (χ3v) is 5.67. The average Bonchev–Trinajstić information content (AvgIpc) is 2.82. The van der Waals surface area contributed by atoms with Crippen molar-refractivity contribution in [1.29, 1.82) is 0 Å². The van der Waals surface area contributed by atoms with Crippen LogP contribution in [0.5, 0.6) is 0 Å². The van der Waals surface area contributed by atoms with Crippen LogP contribution < -0.4 is 5.32 Å². The Labute approximate surface area is 214 Å². The fraction of sp³-hybridized carbons (Fsp3) is 0.464. The smallest absolute Gasteiger partial charge is 0.336 e. The molecule has 1 aliphatic rings. The van der Waals surface area contributed by atoms with E-state index in [1.54, 1.807) is 33.8 Å². The van der Waals surface area contributed by atoms with Crippen molar-refractivity contribution in [2.24, 2.45) is 0 Å². The maximum absolute atomic E-state index is 13.4. The molecule has 0 fully saturated rings. The number of nitrogens with zero attached hydrogens (tertiary/aromatic N) is 1. The highest BCUT2D eigenvalue weighted by molar-refractivity contribution is 6.01. The first kappa shape index (κ1) is 28.8. The second kappa shape index (κ2) is 13.6. The van der Waals surface area contributed by atoms with Crippen LogP contribution in [0.1, 0.15) is 58.1 Å². The summed E-state index contributed by atoms with van der Waals surface area (Å²) in [7, 11) is 3.80. The summed E-state index contributed by atoms with van der Waals surface area (Å²) in [6, 6.07) is 7.42. The van der Waals surface area contributed by atoms with E-state index in [1.165, 1.54) is 0 Å². The first-order valence-corrected chi connectivity index (χ1v) is 12.4. The molecule has 1 aromatic carbocycles. The van der Waals surface area contributed by atoms with Crippen molar-refractivity contribution in [2.75, 3.05) is 40.5 Å². The van der Waals surface area contributed by atoms with Crippen LogP contribution in [0, 0.1) is 0 Å². The summed E-state index contributed by atoms with van der Waals surface area (Å²) in [5.74, 6) is -2.18. The molecule has 0 saturated heterocycles. The lowest BCUT2D eigenvalue weighted by atomic mass is 9.78. The van der Waals surface area contributed by atoms with Gasteiger partial charge in [-0.1, -0.05) is 31.2 Å². The summed E-state index contributed by atoms with van der Waals surface area (Å²) in [5.41, 5.74) is 3.81. The Morgan fingerprint density at radius 2 is 1.50 bits per heavy atom. The number of carbonyl (C=O) groups is 3. The molecule has 1 heterocycles. The number of hydrogen-bond acceptors (Lipinski definition) is 8. The molecule has 1 aliphatic heterocycles. The molecule has 1 aromatic rings. The number of rotatable bonds is 11. The van der Waals surface area contributed by atoms with Crippen LogP contribution in [0.25, 0.3) is 6.08 Å². The van der Waals surface area contributed by atoms with Gasteiger partial charge in [-0.15, -0.1) is 0 Å². The zero-order chi connectivity index (χ0) is 26.8. The molecule has 1 atom stereocenters. The van der Waals surface area contributed by atoms with Gasteiger partial charge in [0.25, 0.3) is 0 Å². The Hall–Kier alpha value is -3.39. The topological polar surface area (TPSA) is 94.2 Å². The summed E-state index contributed by atoms with van der Waals surface area (Å²) in [6.07, 6.45) is 2.23. The van der Waals surface area contributed by atoms with Crippen molar-refractivity contribution >= 4 is 24.0 Å². The van der Waals surface area contributed by atoms with Crippen LogP contribution in [0.4, 0.5) is 0 Å². The summed E-state index contributed by atoms with van der Waals surface area (Å²) in [4.78, 5) is 41.1. The van der Waals surface area contributed by atoms with Crippen LogP contribution in [0.2, 0.25) is 0 Å². The van der Waals surface area contributed by atoms with Crippen LogP contribution >= 0.6 is 0 Å². The highest BCUT2D eigenvalue weighted by atomic mass is 16.5. The largest absolute Gasteiger partial charge is 0.463 e. The van der Waals surface area contributed by atoms with E-state index in [1.807, 2.05) is 50.2 Å². The Morgan fingerprint density at radius 3 is 2.06 bits per heavy atom. The van der Waals surface area contributed by atoms with E-state index < -0.39 is 23.8 Å². The minimum atomic E-state index is -0.757. The van der Waals surface area contributed by atoms with Crippen molar-refractivity contribution in [3.8, 4) is 0 Å². The highest BCUT2D eigenvalue weighted by Crippen LogP contribution is 2.41. The predicted octanol–water partition coefficient (Wildman–Crippen LogP) is 3.95. The molecule has 1 N–H and O–H groups in total. The number of nitrogens with one attached hydrogen (secondary N) is 1. The predicted molar refractivity (Wildman–Crippen MR) is 139 cm³/mol. The van der Waals surface area contributed by atoms with Gasteiger partial charge in [-0.3, -0.25) is 0 Å². The number of carbonyl (C=O) groups excluding carboxylic acids is 3. The van der Waals surface area contributed by atoms with Crippen LogP contribution in [0.15, 0.2) is 52.4 Å². The zero-order valence-electron chi connectivity index (χ0n) is 22.4. The molecular formula is C28H38N2O6. The summed E-state index contributed by atoms with van der Waals surface area (Å²) in [6.45, 7) is 9.99. The number of benzene rings is 1. The fourth-order valence-electron chi connectivity index (χ4n) is 4.20. The number of dihydropyridines is 1. The maximum atomic E-state index is 13.4. The highest BCUT2D eigenvalue weighted by Gasteiger charge is 2.39. The van der Waals surface area contributed by atoms with Crippen molar-refractivity contribution < 1.29 is 28.6 Å². The van der Waals surface area contributed by atoms with E-state index in [4.69, 9.17) is 14.2 Å². The van der Waals surface area contributed by atoms with Crippen molar-refractivity contribution in [1.82, 2.24) is 10.2 Å². The summed E-state index contributed by atoms with van der Waals surface area (Å²) in [5, 5.41) is 3.26. The molecule has 196 valence electrons. The molecule has 2 rings (SSSR count). The van der Waals surface area contributed by atoms with Crippen LogP contribution in [-0.2, 0) is 28.6 Å². The molecule has 0 radical (unpaired) electrons. The number of ether oxygens (including phenoxy) is 3. The molecule has 0 bridgehead atoms. The van der Waals surface area contributed by atoms with E-state index in [9.17, 15) is 14.4 Å². The molecule has 8 heteroatoms. The van der Waals surface area contributed by atoms with E-state index in [0.717, 1.165) is 0 Å². The third-order valence-electron chi connectivity index (χ3n) is 5.67. The fourth-order valence-corrected chi connectivity index (χ4v) is 4.20. The third kappa shape index (κ3) is 6.85. The normalized spacial score (nSPS) is 16.1. The SMILES string of the molecule is CCOC(=O)C(=Cc1ccccc1C1C(C(=O)OCC)=C(C)NC(CN(C)C)=C1C(=O)OCC)CC. The van der Waals surface area contributed by atoms with Crippen molar-refractivity contribution in [3.05, 3.63) is 63.5 Å².